The molecule has 1 fully saturated rings. The zero-order valence-corrected chi connectivity index (χ0v) is 16.4. The van der Waals surface area contributed by atoms with Crippen LogP contribution < -0.4 is 16.0 Å². The van der Waals surface area contributed by atoms with E-state index in [0.717, 1.165) is 12.5 Å². The molecule has 6 heteroatoms. The molecule has 0 radical (unpaired) electrons. The molecule has 1 aliphatic rings. The van der Waals surface area contributed by atoms with Crippen LogP contribution in [0, 0.1) is 12.8 Å². The number of amides is 1. The summed E-state index contributed by atoms with van der Waals surface area (Å²) in [6.07, 6.45) is 7.01. The second-order valence-corrected chi connectivity index (χ2v) is 7.71. The van der Waals surface area contributed by atoms with Gasteiger partial charge in [-0.2, -0.15) is 0 Å². The first-order chi connectivity index (χ1) is 12.2. The average molecular weight is 365 g/mol. The summed E-state index contributed by atoms with van der Waals surface area (Å²) in [6, 6.07) is 2.12. The van der Waals surface area contributed by atoms with E-state index in [1.807, 2.05) is 0 Å². The first-order valence-electron chi connectivity index (χ1n) is 9.51. The van der Waals surface area contributed by atoms with Crippen LogP contribution in [0.4, 0.5) is 0 Å². The number of thiophene rings is 1. The summed E-state index contributed by atoms with van der Waals surface area (Å²) in [4.78, 5) is 17.9. The van der Waals surface area contributed by atoms with Crippen LogP contribution in [0.25, 0.3) is 0 Å². The molecule has 1 amide bonds. The number of guanidine groups is 1. The van der Waals surface area contributed by atoms with Crippen molar-refractivity contribution in [2.45, 2.75) is 58.9 Å². The number of nitrogens with one attached hydrogen (secondary N) is 3. The molecule has 0 unspecified atom stereocenters. The Morgan fingerprint density at radius 1 is 1.20 bits per heavy atom. The average Bonchev–Trinajstić information content (AvgIpc) is 3.02. The summed E-state index contributed by atoms with van der Waals surface area (Å²) in [5.74, 6) is 1.58. The summed E-state index contributed by atoms with van der Waals surface area (Å²) in [7, 11) is 0. The normalized spacial score (nSPS) is 15.8. The van der Waals surface area contributed by atoms with Crippen LogP contribution >= 0.6 is 11.3 Å². The number of rotatable bonds is 8. The highest BCUT2D eigenvalue weighted by Gasteiger charge is 2.16. The molecule has 1 heterocycles. The van der Waals surface area contributed by atoms with Gasteiger partial charge in [-0.25, -0.2) is 4.99 Å². The second-order valence-electron chi connectivity index (χ2n) is 6.71. The molecule has 0 atom stereocenters. The molecule has 25 heavy (non-hydrogen) atoms. The minimum Gasteiger partial charge on any atom is -0.357 e. The lowest BCUT2D eigenvalue weighted by atomic mass is 9.87. The molecule has 0 bridgehead atoms. The fourth-order valence-corrected chi connectivity index (χ4v) is 4.00. The Morgan fingerprint density at radius 2 is 1.96 bits per heavy atom. The highest BCUT2D eigenvalue weighted by Crippen LogP contribution is 2.25. The molecule has 1 aliphatic carbocycles. The lowest BCUT2D eigenvalue weighted by Crippen LogP contribution is -2.41. The van der Waals surface area contributed by atoms with Crippen molar-refractivity contribution < 1.29 is 4.79 Å². The molecule has 0 spiro atoms. The molecule has 2 rings (SSSR count). The van der Waals surface area contributed by atoms with Crippen molar-refractivity contribution in [2.24, 2.45) is 10.9 Å². The Balaban J connectivity index is 1.66. The van der Waals surface area contributed by atoms with E-state index in [-0.39, 0.29) is 5.91 Å². The first-order valence-corrected chi connectivity index (χ1v) is 10.4. The van der Waals surface area contributed by atoms with Crippen LogP contribution in [0.2, 0.25) is 0 Å². The zero-order chi connectivity index (χ0) is 17.9. The molecule has 0 aromatic carbocycles. The third kappa shape index (κ3) is 7.46. The van der Waals surface area contributed by atoms with Gasteiger partial charge in [-0.15, -0.1) is 11.3 Å². The Hall–Kier alpha value is -1.56. The third-order valence-electron chi connectivity index (χ3n) is 4.63. The summed E-state index contributed by atoms with van der Waals surface area (Å²) < 4.78 is 0. The number of aliphatic imine (C=N–C) groups is 1. The maximum absolute atomic E-state index is 12.0. The largest absolute Gasteiger partial charge is 0.357 e. The molecule has 1 saturated carbocycles. The van der Waals surface area contributed by atoms with Gasteiger partial charge in [-0.3, -0.25) is 4.79 Å². The van der Waals surface area contributed by atoms with Crippen molar-refractivity contribution in [1.82, 2.24) is 16.0 Å². The fraction of sp³-hybridized carbons (Fsp3) is 0.684. The minimum absolute atomic E-state index is 0.185. The van der Waals surface area contributed by atoms with Gasteiger partial charge in [0.1, 0.15) is 0 Å². The van der Waals surface area contributed by atoms with Crippen molar-refractivity contribution in [2.75, 3.05) is 19.6 Å². The van der Waals surface area contributed by atoms with Crippen LogP contribution in [-0.2, 0) is 11.3 Å². The quantitative estimate of drug-likeness (QED) is 0.377. The third-order valence-corrected chi connectivity index (χ3v) is 5.64. The van der Waals surface area contributed by atoms with Gasteiger partial charge in [0.05, 0.1) is 6.54 Å². The van der Waals surface area contributed by atoms with Crippen LogP contribution in [0.15, 0.2) is 16.4 Å². The van der Waals surface area contributed by atoms with Gasteiger partial charge in [0, 0.05) is 30.9 Å². The summed E-state index contributed by atoms with van der Waals surface area (Å²) in [5.41, 5.74) is 1.29. The van der Waals surface area contributed by atoms with Crippen molar-refractivity contribution in [3.8, 4) is 0 Å². The SMILES string of the molecule is CCNC(=NCc1sccc1C)NCCNC(=O)CC1CCCCC1. The van der Waals surface area contributed by atoms with Crippen molar-refractivity contribution in [1.29, 1.82) is 0 Å². The lowest BCUT2D eigenvalue weighted by molar-refractivity contribution is -0.122. The fourth-order valence-electron chi connectivity index (χ4n) is 3.17. The van der Waals surface area contributed by atoms with Gasteiger partial charge >= 0.3 is 0 Å². The maximum Gasteiger partial charge on any atom is 0.220 e. The molecule has 5 nitrogen and oxygen atoms in total. The number of carbonyl (C=O) groups is 1. The number of nitrogens with zero attached hydrogens (tertiary/aromatic N) is 1. The highest BCUT2D eigenvalue weighted by molar-refractivity contribution is 7.10. The van der Waals surface area contributed by atoms with E-state index >= 15 is 0 Å². The maximum atomic E-state index is 12.0. The van der Waals surface area contributed by atoms with Gasteiger partial charge in [-0.05, 0) is 49.6 Å². The topological polar surface area (TPSA) is 65.5 Å². The Morgan fingerprint density at radius 3 is 2.64 bits per heavy atom. The van der Waals surface area contributed by atoms with E-state index in [2.05, 4.69) is 46.2 Å². The van der Waals surface area contributed by atoms with Crippen LogP contribution in [0.1, 0.15) is 55.9 Å². The van der Waals surface area contributed by atoms with E-state index in [9.17, 15) is 4.79 Å². The number of carbonyl (C=O) groups excluding carboxylic acids is 1. The van der Waals surface area contributed by atoms with Crippen molar-refractivity contribution >= 4 is 23.2 Å². The Kier molecular flexibility index (Phi) is 8.80. The number of hydrogen-bond donors (Lipinski definition) is 3. The van der Waals surface area contributed by atoms with E-state index in [4.69, 9.17) is 0 Å². The molecule has 3 N–H and O–H groups in total. The first kappa shape index (κ1) is 19.8. The predicted octanol–water partition coefficient (Wildman–Crippen LogP) is 3.20. The molecule has 1 aromatic heterocycles. The van der Waals surface area contributed by atoms with Gasteiger partial charge in [-0.1, -0.05) is 19.3 Å². The Labute approximate surface area is 155 Å². The van der Waals surface area contributed by atoms with Gasteiger partial charge in [0.2, 0.25) is 5.91 Å². The van der Waals surface area contributed by atoms with E-state index in [0.29, 0.717) is 32.0 Å². The van der Waals surface area contributed by atoms with Crippen LogP contribution in [0.5, 0.6) is 0 Å². The zero-order valence-electron chi connectivity index (χ0n) is 15.6. The highest BCUT2D eigenvalue weighted by atomic mass is 32.1. The van der Waals surface area contributed by atoms with Crippen LogP contribution in [0.3, 0.4) is 0 Å². The van der Waals surface area contributed by atoms with E-state index < -0.39 is 0 Å². The Bertz CT molecular complexity index is 549. The predicted molar refractivity (Wildman–Crippen MR) is 106 cm³/mol. The second kappa shape index (κ2) is 11.1. The molecule has 140 valence electrons. The molecule has 0 aliphatic heterocycles. The molecule has 0 saturated heterocycles. The van der Waals surface area contributed by atoms with Gasteiger partial charge in [0.25, 0.3) is 0 Å². The standard InChI is InChI=1S/C19H32N4OS/c1-3-20-19(23-14-17-15(2)9-12-25-17)22-11-10-21-18(24)13-16-7-5-4-6-8-16/h9,12,16H,3-8,10-11,13-14H2,1-2H3,(H,21,24)(H2,20,22,23). The van der Waals surface area contributed by atoms with E-state index in [1.54, 1.807) is 11.3 Å². The van der Waals surface area contributed by atoms with Gasteiger partial charge < -0.3 is 16.0 Å². The summed E-state index contributed by atoms with van der Waals surface area (Å²) in [5, 5.41) is 11.7. The minimum atomic E-state index is 0.185. The van der Waals surface area contributed by atoms with Crippen molar-refractivity contribution in [3.63, 3.8) is 0 Å². The molecular weight excluding hydrogens is 332 g/mol. The van der Waals surface area contributed by atoms with Gasteiger partial charge in [0.15, 0.2) is 5.96 Å². The van der Waals surface area contributed by atoms with E-state index in [1.165, 1.54) is 42.5 Å². The number of aryl methyl sites for hydroxylation is 1. The van der Waals surface area contributed by atoms with Crippen molar-refractivity contribution in [3.05, 3.63) is 21.9 Å². The lowest BCUT2D eigenvalue weighted by Gasteiger charge is -2.20. The summed E-state index contributed by atoms with van der Waals surface area (Å²) >= 11 is 1.74. The molecule has 1 aromatic rings. The van der Waals surface area contributed by atoms with Crippen LogP contribution in [-0.4, -0.2) is 31.5 Å². The summed E-state index contributed by atoms with van der Waals surface area (Å²) in [6.45, 7) is 7.00. The monoisotopic (exact) mass is 364 g/mol. The smallest absolute Gasteiger partial charge is 0.220 e. The number of hydrogen-bond acceptors (Lipinski definition) is 3. The molecular formula is C19H32N4OS.